The van der Waals surface area contributed by atoms with Gasteiger partial charge in [0.05, 0.1) is 0 Å². The number of carbonyl (C=O) groups is 1. The van der Waals surface area contributed by atoms with Crippen molar-refractivity contribution in [3.63, 3.8) is 0 Å². The minimum Gasteiger partial charge on any atom is -0.459 e. The lowest BCUT2D eigenvalue weighted by atomic mass is 9.95. The number of hydrogen-bond acceptors (Lipinski definition) is 4. The van der Waals surface area contributed by atoms with Gasteiger partial charge in [0.15, 0.2) is 0 Å². The van der Waals surface area contributed by atoms with E-state index in [-0.39, 0.29) is 36.8 Å². The quantitative estimate of drug-likeness (QED) is 0.325. The molecule has 0 heterocycles. The zero-order valence-electron chi connectivity index (χ0n) is 14.5. The second-order valence-electron chi connectivity index (χ2n) is 6.31. The van der Waals surface area contributed by atoms with Crippen LogP contribution < -0.4 is 0 Å². The highest BCUT2D eigenvalue weighted by Crippen LogP contribution is 2.32. The molecule has 130 valence electrons. The van der Waals surface area contributed by atoms with Gasteiger partial charge in [-0.3, -0.25) is 4.79 Å². The molecule has 0 bridgehead atoms. The maximum Gasteiger partial charge on any atom is 0.306 e. The first-order valence-corrected chi connectivity index (χ1v) is 8.99. The number of rotatable bonds is 9. The number of esters is 1. The Morgan fingerprint density at radius 2 is 1.83 bits per heavy atom. The highest BCUT2D eigenvalue weighted by atomic mass is 127. The lowest BCUT2D eigenvalue weighted by Crippen LogP contribution is -2.33. The summed E-state index contributed by atoms with van der Waals surface area (Å²) in [7, 11) is 1.59. The number of methoxy groups -OCH3 is 1. The summed E-state index contributed by atoms with van der Waals surface area (Å²) in [6, 6.07) is 7.97. The second-order valence-corrected chi connectivity index (χ2v) is 7.47. The van der Waals surface area contributed by atoms with Crippen LogP contribution in [0.1, 0.15) is 45.8 Å². The predicted octanol–water partition coefficient (Wildman–Crippen LogP) is 4.57. The van der Waals surface area contributed by atoms with E-state index in [1.165, 1.54) is 0 Å². The average Bonchev–Trinajstić information content (AvgIpc) is 2.46. The maximum atomic E-state index is 12.2. The summed E-state index contributed by atoms with van der Waals surface area (Å²) in [4.78, 5) is 12.2. The molecule has 0 aliphatic heterocycles. The minimum atomic E-state index is -0.354. The molecule has 1 aromatic carbocycles. The molecule has 0 saturated carbocycles. The van der Waals surface area contributed by atoms with Crippen LogP contribution in [0.15, 0.2) is 24.3 Å². The normalized spacial score (nSPS) is 14.1. The van der Waals surface area contributed by atoms with Crippen LogP contribution in [-0.4, -0.2) is 26.0 Å². The smallest absolute Gasteiger partial charge is 0.306 e. The molecular weight excluding hydrogens is 407 g/mol. The van der Waals surface area contributed by atoms with Crippen LogP contribution in [0.4, 0.5) is 0 Å². The van der Waals surface area contributed by atoms with E-state index >= 15 is 0 Å². The Bertz CT molecular complexity index is 488. The van der Waals surface area contributed by atoms with E-state index in [2.05, 4.69) is 22.6 Å². The largest absolute Gasteiger partial charge is 0.459 e. The van der Waals surface area contributed by atoms with Crippen LogP contribution in [-0.2, 0) is 19.0 Å². The summed E-state index contributed by atoms with van der Waals surface area (Å²) < 4.78 is 17.8. The van der Waals surface area contributed by atoms with Crippen molar-refractivity contribution in [2.75, 3.05) is 13.9 Å². The average molecular weight is 434 g/mol. The van der Waals surface area contributed by atoms with Crippen molar-refractivity contribution < 1.29 is 19.0 Å². The number of ether oxygens (including phenoxy) is 3. The van der Waals surface area contributed by atoms with Crippen LogP contribution in [0.3, 0.4) is 0 Å². The number of carbonyl (C=O) groups excluding carboxylic acids is 1. The molecule has 2 atom stereocenters. The molecule has 5 heteroatoms. The predicted molar refractivity (Wildman–Crippen MR) is 99.0 cm³/mol. The molecule has 0 N–H and O–H groups in total. The monoisotopic (exact) mass is 434 g/mol. The Morgan fingerprint density at radius 1 is 1.17 bits per heavy atom. The van der Waals surface area contributed by atoms with Gasteiger partial charge in [-0.25, -0.2) is 0 Å². The topological polar surface area (TPSA) is 44.8 Å². The van der Waals surface area contributed by atoms with E-state index in [0.717, 1.165) is 9.13 Å². The molecule has 0 fully saturated rings. The second kappa shape index (κ2) is 10.3. The van der Waals surface area contributed by atoms with Crippen LogP contribution in [0.25, 0.3) is 0 Å². The summed E-state index contributed by atoms with van der Waals surface area (Å²) >= 11 is 2.28. The van der Waals surface area contributed by atoms with Crippen molar-refractivity contribution in [2.45, 2.75) is 46.3 Å². The molecule has 1 rings (SSSR count). The summed E-state index contributed by atoms with van der Waals surface area (Å²) in [5.74, 6) is 0.213. The fourth-order valence-corrected chi connectivity index (χ4v) is 2.98. The number of hydrogen-bond donors (Lipinski definition) is 0. The molecule has 4 nitrogen and oxygen atoms in total. The standard InChI is InChI=1S/C18H27IO4/c1-12(2)10-16(20)23-17(13(3)4)18(22-11-21-5)14-8-6-7-9-15(14)19/h6-9,12-13,17-18H,10-11H2,1-5H3/t17-,18-/m0/s1. The van der Waals surface area contributed by atoms with Crippen LogP contribution in [0.5, 0.6) is 0 Å². The molecule has 0 amide bonds. The van der Waals surface area contributed by atoms with E-state index in [4.69, 9.17) is 14.2 Å². The molecule has 23 heavy (non-hydrogen) atoms. The minimum absolute atomic E-state index is 0.129. The molecular formula is C18H27IO4. The van der Waals surface area contributed by atoms with Crippen LogP contribution in [0, 0.1) is 15.4 Å². The molecule has 0 unspecified atom stereocenters. The zero-order chi connectivity index (χ0) is 17.4. The molecule has 0 aromatic heterocycles. The number of halogens is 1. The Balaban J connectivity index is 3.04. The van der Waals surface area contributed by atoms with E-state index in [1.54, 1.807) is 7.11 Å². The van der Waals surface area contributed by atoms with Crippen LogP contribution in [0.2, 0.25) is 0 Å². The third-order valence-corrected chi connectivity index (χ3v) is 4.36. The van der Waals surface area contributed by atoms with Crippen molar-refractivity contribution in [3.05, 3.63) is 33.4 Å². The van der Waals surface area contributed by atoms with Crippen LogP contribution >= 0.6 is 22.6 Å². The summed E-state index contributed by atoms with van der Waals surface area (Å²) in [6.45, 7) is 8.23. The Morgan fingerprint density at radius 3 is 2.35 bits per heavy atom. The van der Waals surface area contributed by atoms with Gasteiger partial charge in [0.25, 0.3) is 0 Å². The molecule has 0 aliphatic rings. The van der Waals surface area contributed by atoms with Gasteiger partial charge in [0.1, 0.15) is 19.0 Å². The van der Waals surface area contributed by atoms with Gasteiger partial charge in [-0.1, -0.05) is 45.9 Å². The van der Waals surface area contributed by atoms with Gasteiger partial charge in [-0.05, 0) is 46.1 Å². The number of benzene rings is 1. The summed E-state index contributed by atoms with van der Waals surface area (Å²) in [5, 5.41) is 0. The lowest BCUT2D eigenvalue weighted by molar-refractivity contribution is -0.172. The zero-order valence-corrected chi connectivity index (χ0v) is 16.7. The van der Waals surface area contributed by atoms with Crippen molar-refractivity contribution in [1.29, 1.82) is 0 Å². The summed E-state index contributed by atoms with van der Waals surface area (Å²) in [6.07, 6.45) is -0.294. The molecule has 0 radical (unpaired) electrons. The third kappa shape index (κ3) is 6.77. The van der Waals surface area contributed by atoms with Gasteiger partial charge in [-0.15, -0.1) is 0 Å². The summed E-state index contributed by atoms with van der Waals surface area (Å²) in [5.41, 5.74) is 1.01. The molecule has 0 aliphatic carbocycles. The molecule has 0 spiro atoms. The van der Waals surface area contributed by atoms with Crippen molar-refractivity contribution in [2.24, 2.45) is 11.8 Å². The SMILES string of the molecule is COCO[C@@H](c1ccccc1I)[C@@H](OC(=O)CC(C)C)C(C)C. The first-order chi connectivity index (χ1) is 10.9. The van der Waals surface area contributed by atoms with Crippen molar-refractivity contribution in [1.82, 2.24) is 0 Å². The van der Waals surface area contributed by atoms with Gasteiger partial charge in [-0.2, -0.15) is 0 Å². The maximum absolute atomic E-state index is 12.2. The fourth-order valence-electron chi connectivity index (χ4n) is 2.29. The Kier molecular flexibility index (Phi) is 9.09. The van der Waals surface area contributed by atoms with Gasteiger partial charge >= 0.3 is 5.97 Å². The highest BCUT2D eigenvalue weighted by Gasteiger charge is 2.31. The fraction of sp³-hybridized carbons (Fsp3) is 0.611. The van der Waals surface area contributed by atoms with Crippen molar-refractivity contribution in [3.8, 4) is 0 Å². The third-order valence-electron chi connectivity index (χ3n) is 3.38. The highest BCUT2D eigenvalue weighted by molar-refractivity contribution is 14.1. The van der Waals surface area contributed by atoms with Gasteiger partial charge in [0, 0.05) is 17.1 Å². The van der Waals surface area contributed by atoms with E-state index in [1.807, 2.05) is 52.0 Å². The molecule has 1 aromatic rings. The van der Waals surface area contributed by atoms with Crippen molar-refractivity contribution >= 4 is 28.6 Å². The van der Waals surface area contributed by atoms with E-state index in [9.17, 15) is 4.79 Å². The Labute approximate surface area is 153 Å². The molecule has 0 saturated heterocycles. The van der Waals surface area contributed by atoms with E-state index in [0.29, 0.717) is 6.42 Å². The van der Waals surface area contributed by atoms with E-state index < -0.39 is 0 Å². The first kappa shape index (κ1) is 20.4. The van der Waals surface area contributed by atoms with Gasteiger partial charge < -0.3 is 14.2 Å². The first-order valence-electron chi connectivity index (χ1n) is 7.91. The Hall–Kier alpha value is -0.660. The lowest BCUT2D eigenvalue weighted by Gasteiger charge is -2.31. The van der Waals surface area contributed by atoms with Gasteiger partial charge in [0.2, 0.25) is 0 Å².